The molecule has 0 radical (unpaired) electrons. The molecule has 0 spiro atoms. The quantitative estimate of drug-likeness (QED) is 0.644. The van der Waals surface area contributed by atoms with E-state index in [0.29, 0.717) is 6.04 Å². The molecule has 0 aliphatic carbocycles. The van der Waals surface area contributed by atoms with Gasteiger partial charge < -0.3 is 4.90 Å². The van der Waals surface area contributed by atoms with Crippen LogP contribution in [0.1, 0.15) is 61.8 Å². The van der Waals surface area contributed by atoms with Crippen LogP contribution in [-0.4, -0.2) is 24.0 Å². The van der Waals surface area contributed by atoms with Crippen LogP contribution in [0.3, 0.4) is 0 Å². The second kappa shape index (κ2) is 14.5. The Morgan fingerprint density at radius 2 is 1.23 bits per heavy atom. The Bertz CT molecular complexity index is 69.5. The highest BCUT2D eigenvalue weighted by Crippen LogP contribution is 2.03. The number of nitrogens with zero attached hydrogens (tertiary/aromatic N) is 1. The van der Waals surface area contributed by atoms with Gasteiger partial charge in [0.25, 0.3) is 0 Å². The van der Waals surface area contributed by atoms with Gasteiger partial charge in [0, 0.05) is 12.1 Å². The van der Waals surface area contributed by atoms with E-state index in [0.717, 1.165) is 6.04 Å². The number of hydrogen-bond acceptors (Lipinski definition) is 1. The Kier molecular flexibility index (Phi) is 20.8. The van der Waals surface area contributed by atoms with Crippen molar-refractivity contribution in [1.29, 1.82) is 0 Å². The summed E-state index contributed by atoms with van der Waals surface area (Å²) in [5.41, 5.74) is 0. The van der Waals surface area contributed by atoms with Gasteiger partial charge in [0.05, 0.1) is 0 Å². The molecule has 0 bridgehead atoms. The third kappa shape index (κ3) is 12.0. The highest BCUT2D eigenvalue weighted by molar-refractivity contribution is 4.63. The molecule has 0 saturated heterocycles. The van der Waals surface area contributed by atoms with E-state index in [-0.39, 0.29) is 0 Å². The predicted molar refractivity (Wildman–Crippen MR) is 65.3 cm³/mol. The molecule has 0 aliphatic rings. The first-order valence-corrected chi connectivity index (χ1v) is 5.81. The summed E-state index contributed by atoms with van der Waals surface area (Å²) in [7, 11) is 2.18. The van der Waals surface area contributed by atoms with Gasteiger partial charge in [0.1, 0.15) is 0 Å². The predicted octanol–water partition coefficient (Wildman–Crippen LogP) is 4.18. The van der Waals surface area contributed by atoms with E-state index in [1.807, 2.05) is 27.7 Å². The summed E-state index contributed by atoms with van der Waals surface area (Å²) in [5, 5.41) is 0. The lowest BCUT2D eigenvalue weighted by atomic mass is 10.2. The molecule has 13 heavy (non-hydrogen) atoms. The van der Waals surface area contributed by atoms with Crippen molar-refractivity contribution in [3.8, 4) is 0 Å². The van der Waals surface area contributed by atoms with E-state index in [4.69, 9.17) is 0 Å². The van der Waals surface area contributed by atoms with Crippen LogP contribution in [0.2, 0.25) is 0 Å². The topological polar surface area (TPSA) is 3.24 Å². The van der Waals surface area contributed by atoms with Gasteiger partial charge in [-0.3, -0.25) is 0 Å². The van der Waals surface area contributed by atoms with Crippen molar-refractivity contribution < 1.29 is 0 Å². The Labute approximate surface area is 86.5 Å². The standard InChI is InChI=1S/C8H19N.2C2H6/c1-6-8(4)9(5)7(2)3;2*1-2/h7-8H,6H2,1-5H3;2*1-2H3. The number of hydrogen-bond donors (Lipinski definition) is 0. The molecule has 0 fully saturated rings. The van der Waals surface area contributed by atoms with Gasteiger partial charge in [-0.05, 0) is 34.2 Å². The molecule has 0 aromatic rings. The van der Waals surface area contributed by atoms with Gasteiger partial charge in [-0.25, -0.2) is 0 Å². The van der Waals surface area contributed by atoms with Crippen molar-refractivity contribution in [2.75, 3.05) is 7.05 Å². The van der Waals surface area contributed by atoms with Crippen molar-refractivity contribution >= 4 is 0 Å². The average Bonchev–Trinajstić information content (AvgIpc) is 2.21. The summed E-state index contributed by atoms with van der Waals surface area (Å²) in [6, 6.07) is 1.41. The van der Waals surface area contributed by atoms with E-state index in [1.165, 1.54) is 6.42 Å². The zero-order valence-corrected chi connectivity index (χ0v) is 11.3. The average molecular weight is 189 g/mol. The summed E-state index contributed by atoms with van der Waals surface area (Å²) < 4.78 is 0. The molecular formula is C12H31N. The first-order valence-electron chi connectivity index (χ1n) is 5.81. The first kappa shape index (κ1) is 18.7. The third-order valence-corrected chi connectivity index (χ3v) is 2.10. The van der Waals surface area contributed by atoms with Crippen molar-refractivity contribution in [2.24, 2.45) is 0 Å². The lowest BCUT2D eigenvalue weighted by Crippen LogP contribution is -2.34. The second-order valence-electron chi connectivity index (χ2n) is 3.02. The molecule has 0 rings (SSSR count). The molecule has 1 nitrogen and oxygen atoms in total. The fraction of sp³-hybridized carbons (Fsp3) is 1.00. The molecule has 1 heteroatoms. The van der Waals surface area contributed by atoms with Gasteiger partial charge in [-0.15, -0.1) is 0 Å². The largest absolute Gasteiger partial charge is 0.301 e. The van der Waals surface area contributed by atoms with Crippen molar-refractivity contribution in [3.05, 3.63) is 0 Å². The smallest absolute Gasteiger partial charge is 0.00639 e. The van der Waals surface area contributed by atoms with Crippen molar-refractivity contribution in [2.45, 2.75) is 73.9 Å². The Morgan fingerprint density at radius 3 is 1.31 bits per heavy atom. The second-order valence-corrected chi connectivity index (χ2v) is 3.02. The zero-order valence-electron chi connectivity index (χ0n) is 11.3. The lowest BCUT2D eigenvalue weighted by Gasteiger charge is -2.27. The van der Waals surface area contributed by atoms with E-state index in [9.17, 15) is 0 Å². The minimum Gasteiger partial charge on any atom is -0.301 e. The maximum absolute atomic E-state index is 2.39. The molecule has 0 aromatic carbocycles. The van der Waals surface area contributed by atoms with Crippen LogP contribution in [0.25, 0.3) is 0 Å². The lowest BCUT2D eigenvalue weighted by molar-refractivity contribution is 0.204. The summed E-state index contributed by atoms with van der Waals surface area (Å²) in [6.45, 7) is 16.9. The van der Waals surface area contributed by atoms with E-state index >= 15 is 0 Å². The van der Waals surface area contributed by atoms with Gasteiger partial charge in [-0.2, -0.15) is 0 Å². The molecule has 0 aromatic heterocycles. The highest BCUT2D eigenvalue weighted by Gasteiger charge is 2.08. The monoisotopic (exact) mass is 189 g/mol. The molecule has 1 atom stereocenters. The molecular weight excluding hydrogens is 158 g/mol. The summed E-state index contributed by atoms with van der Waals surface area (Å²) in [4.78, 5) is 2.39. The minimum atomic E-state index is 0.681. The molecule has 0 saturated carbocycles. The van der Waals surface area contributed by atoms with Crippen molar-refractivity contribution in [1.82, 2.24) is 4.90 Å². The Morgan fingerprint density at radius 1 is 0.923 bits per heavy atom. The summed E-state index contributed by atoms with van der Waals surface area (Å²) in [6.07, 6.45) is 1.24. The molecule has 1 unspecified atom stereocenters. The van der Waals surface area contributed by atoms with Crippen LogP contribution < -0.4 is 0 Å². The summed E-state index contributed by atoms with van der Waals surface area (Å²) >= 11 is 0. The van der Waals surface area contributed by atoms with E-state index < -0.39 is 0 Å². The van der Waals surface area contributed by atoms with Gasteiger partial charge >= 0.3 is 0 Å². The third-order valence-electron chi connectivity index (χ3n) is 2.10. The van der Waals surface area contributed by atoms with Crippen LogP contribution in [0.5, 0.6) is 0 Å². The van der Waals surface area contributed by atoms with Crippen LogP contribution >= 0.6 is 0 Å². The minimum absolute atomic E-state index is 0.681. The highest BCUT2D eigenvalue weighted by atomic mass is 15.1. The van der Waals surface area contributed by atoms with Gasteiger partial charge in [0.2, 0.25) is 0 Å². The SMILES string of the molecule is CC.CC.CCC(C)N(C)C(C)C. The fourth-order valence-electron chi connectivity index (χ4n) is 0.797. The molecule has 0 aliphatic heterocycles. The van der Waals surface area contributed by atoms with Crippen LogP contribution in [0.4, 0.5) is 0 Å². The number of rotatable bonds is 3. The summed E-state index contributed by atoms with van der Waals surface area (Å²) in [5.74, 6) is 0. The molecule has 0 amide bonds. The van der Waals surface area contributed by atoms with Crippen molar-refractivity contribution in [3.63, 3.8) is 0 Å². The van der Waals surface area contributed by atoms with E-state index in [1.54, 1.807) is 0 Å². The Balaban J connectivity index is -0.000000218. The molecule has 0 N–H and O–H groups in total. The molecule has 0 heterocycles. The van der Waals surface area contributed by atoms with E-state index in [2.05, 4.69) is 39.6 Å². The van der Waals surface area contributed by atoms with Gasteiger partial charge in [-0.1, -0.05) is 34.6 Å². The maximum Gasteiger partial charge on any atom is 0.00639 e. The maximum atomic E-state index is 2.39. The van der Waals surface area contributed by atoms with Crippen LogP contribution in [0, 0.1) is 0 Å². The van der Waals surface area contributed by atoms with Gasteiger partial charge in [0.15, 0.2) is 0 Å². The normalized spacial score (nSPS) is 11.3. The molecule has 84 valence electrons. The zero-order chi connectivity index (χ0) is 11.4. The Hall–Kier alpha value is -0.0400. The van der Waals surface area contributed by atoms with Crippen LogP contribution in [-0.2, 0) is 0 Å². The first-order chi connectivity index (χ1) is 6.09. The fourth-order valence-corrected chi connectivity index (χ4v) is 0.797. The van der Waals surface area contributed by atoms with Crippen LogP contribution in [0.15, 0.2) is 0 Å².